The number of carbonyl (C=O) groups is 2. The zero-order valence-corrected chi connectivity index (χ0v) is 15.8. The molecule has 2 heterocycles. The summed E-state index contributed by atoms with van der Waals surface area (Å²) in [5, 5.41) is 8.92. The van der Waals surface area contributed by atoms with Crippen molar-refractivity contribution in [2.24, 2.45) is 0 Å². The van der Waals surface area contributed by atoms with Crippen LogP contribution in [-0.2, 0) is 24.5 Å². The second-order valence-electron chi connectivity index (χ2n) is 7.39. The molecule has 2 saturated heterocycles. The number of carboxylic acid groups (broad SMARTS) is 1. The van der Waals surface area contributed by atoms with Gasteiger partial charge in [0.15, 0.2) is 0 Å². The summed E-state index contributed by atoms with van der Waals surface area (Å²) >= 11 is 0. The van der Waals surface area contributed by atoms with Crippen LogP contribution in [0.3, 0.4) is 0 Å². The summed E-state index contributed by atoms with van der Waals surface area (Å²) in [5.74, 6) is -0.738. The van der Waals surface area contributed by atoms with Gasteiger partial charge in [-0.1, -0.05) is 30.3 Å². The molecule has 0 radical (unpaired) electrons. The number of hydrogen-bond donors (Lipinski definition) is 1. The first-order chi connectivity index (χ1) is 13.0. The van der Waals surface area contributed by atoms with E-state index in [-0.39, 0.29) is 18.6 Å². The highest BCUT2D eigenvalue weighted by Gasteiger charge is 2.45. The van der Waals surface area contributed by atoms with Gasteiger partial charge in [0, 0.05) is 32.8 Å². The Kier molecular flexibility index (Phi) is 6.46. The molecule has 1 atom stereocenters. The maximum atomic E-state index is 13.6. The van der Waals surface area contributed by atoms with Gasteiger partial charge in [0.25, 0.3) is 0 Å². The molecule has 2 fully saturated rings. The predicted molar refractivity (Wildman–Crippen MR) is 99.6 cm³/mol. The molecule has 1 unspecified atom stereocenters. The maximum absolute atomic E-state index is 13.6. The number of rotatable bonds is 6. The third-order valence-electron chi connectivity index (χ3n) is 5.43. The van der Waals surface area contributed by atoms with Gasteiger partial charge in [0.05, 0.1) is 24.7 Å². The van der Waals surface area contributed by atoms with E-state index in [9.17, 15) is 9.59 Å². The van der Waals surface area contributed by atoms with E-state index < -0.39 is 11.4 Å². The van der Waals surface area contributed by atoms with Crippen LogP contribution in [0, 0.1) is 0 Å². The number of benzene rings is 1. The molecule has 1 aromatic rings. The number of likely N-dealkylation sites (N-methyl/N-ethyl adjacent to an activating group) is 1. The zero-order valence-electron chi connectivity index (χ0n) is 15.8. The average Bonchev–Trinajstić information content (AvgIpc) is 2.68. The van der Waals surface area contributed by atoms with Crippen molar-refractivity contribution in [3.63, 3.8) is 0 Å². The van der Waals surface area contributed by atoms with E-state index >= 15 is 0 Å². The molecule has 148 valence electrons. The van der Waals surface area contributed by atoms with Crippen LogP contribution in [0.1, 0.15) is 18.4 Å². The minimum Gasteiger partial charge on any atom is -0.480 e. The molecule has 2 aliphatic heterocycles. The Morgan fingerprint density at radius 2 is 1.93 bits per heavy atom. The van der Waals surface area contributed by atoms with Crippen molar-refractivity contribution >= 4 is 11.9 Å². The molecule has 0 spiro atoms. The lowest BCUT2D eigenvalue weighted by Crippen LogP contribution is -2.56. The van der Waals surface area contributed by atoms with Crippen molar-refractivity contribution in [2.45, 2.75) is 24.4 Å². The highest BCUT2D eigenvalue weighted by atomic mass is 16.5. The fraction of sp³-hybridized carbons (Fsp3) is 0.600. The zero-order chi connectivity index (χ0) is 19.3. The van der Waals surface area contributed by atoms with E-state index in [1.165, 1.54) is 0 Å². The quantitative estimate of drug-likeness (QED) is 0.797. The summed E-state index contributed by atoms with van der Waals surface area (Å²) in [6.45, 7) is 3.12. The average molecular weight is 376 g/mol. The van der Waals surface area contributed by atoms with Crippen molar-refractivity contribution in [3.8, 4) is 0 Å². The Hall–Kier alpha value is -1.96. The Bertz CT molecular complexity index is 645. The van der Waals surface area contributed by atoms with Crippen LogP contribution < -0.4 is 0 Å². The highest BCUT2D eigenvalue weighted by molar-refractivity contribution is 5.88. The van der Waals surface area contributed by atoms with E-state index in [1.54, 1.807) is 11.9 Å². The summed E-state index contributed by atoms with van der Waals surface area (Å²) < 4.78 is 11.3. The van der Waals surface area contributed by atoms with Gasteiger partial charge in [-0.2, -0.15) is 0 Å². The van der Waals surface area contributed by atoms with Crippen molar-refractivity contribution in [3.05, 3.63) is 35.9 Å². The molecule has 1 N–H and O–H groups in total. The molecule has 2 aliphatic rings. The largest absolute Gasteiger partial charge is 0.480 e. The van der Waals surface area contributed by atoms with E-state index in [2.05, 4.69) is 0 Å². The topological polar surface area (TPSA) is 79.3 Å². The molecular weight excluding hydrogens is 348 g/mol. The number of amides is 1. The Morgan fingerprint density at radius 1 is 1.22 bits per heavy atom. The van der Waals surface area contributed by atoms with Gasteiger partial charge < -0.3 is 19.5 Å². The summed E-state index contributed by atoms with van der Waals surface area (Å²) in [4.78, 5) is 28.1. The van der Waals surface area contributed by atoms with E-state index in [0.717, 1.165) is 5.56 Å². The number of ether oxygens (including phenoxy) is 2. The van der Waals surface area contributed by atoms with Gasteiger partial charge >= 0.3 is 5.97 Å². The van der Waals surface area contributed by atoms with Crippen LogP contribution in [0.25, 0.3) is 0 Å². The van der Waals surface area contributed by atoms with Crippen molar-refractivity contribution < 1.29 is 24.2 Å². The number of nitrogens with zero attached hydrogens (tertiary/aromatic N) is 2. The molecule has 0 bridgehead atoms. The van der Waals surface area contributed by atoms with Crippen LogP contribution >= 0.6 is 0 Å². The van der Waals surface area contributed by atoms with Crippen molar-refractivity contribution in [2.75, 3.05) is 53.0 Å². The Morgan fingerprint density at radius 3 is 2.59 bits per heavy atom. The normalized spacial score (nSPS) is 22.6. The molecule has 0 aliphatic carbocycles. The minimum atomic E-state index is -0.869. The Labute approximate surface area is 159 Å². The number of aliphatic carboxylic acids is 1. The van der Waals surface area contributed by atoms with Crippen LogP contribution in [0.4, 0.5) is 0 Å². The maximum Gasteiger partial charge on any atom is 0.317 e. The summed E-state index contributed by atoms with van der Waals surface area (Å²) in [6.07, 6.45) is 1.17. The highest BCUT2D eigenvalue weighted by Crippen LogP contribution is 2.37. The van der Waals surface area contributed by atoms with Crippen molar-refractivity contribution in [1.82, 2.24) is 9.80 Å². The first-order valence-corrected chi connectivity index (χ1v) is 9.46. The van der Waals surface area contributed by atoms with Crippen LogP contribution in [0.5, 0.6) is 0 Å². The molecule has 27 heavy (non-hydrogen) atoms. The fourth-order valence-corrected chi connectivity index (χ4v) is 4.06. The van der Waals surface area contributed by atoms with Gasteiger partial charge in [-0.3, -0.25) is 14.5 Å². The molecule has 0 aromatic heterocycles. The van der Waals surface area contributed by atoms with Crippen LogP contribution in [0.2, 0.25) is 0 Å². The lowest BCUT2D eigenvalue weighted by Gasteiger charge is -2.43. The number of morpholine rings is 1. The second kappa shape index (κ2) is 8.82. The van der Waals surface area contributed by atoms with Crippen LogP contribution in [0.15, 0.2) is 30.3 Å². The molecule has 3 rings (SSSR count). The second-order valence-corrected chi connectivity index (χ2v) is 7.39. The van der Waals surface area contributed by atoms with Crippen LogP contribution in [-0.4, -0.2) is 85.9 Å². The third-order valence-corrected chi connectivity index (χ3v) is 5.43. The monoisotopic (exact) mass is 376 g/mol. The lowest BCUT2D eigenvalue weighted by molar-refractivity contribution is -0.150. The summed E-state index contributed by atoms with van der Waals surface area (Å²) in [5.41, 5.74) is 0.498. The van der Waals surface area contributed by atoms with Crippen molar-refractivity contribution in [1.29, 1.82) is 0 Å². The number of hydrogen-bond acceptors (Lipinski definition) is 5. The predicted octanol–water partition coefficient (Wildman–Crippen LogP) is 0.979. The Balaban J connectivity index is 1.73. The molecule has 1 aromatic carbocycles. The number of carbonyl (C=O) groups excluding carboxylic acids is 1. The smallest absolute Gasteiger partial charge is 0.317 e. The van der Waals surface area contributed by atoms with Gasteiger partial charge in [-0.25, -0.2) is 0 Å². The fourth-order valence-electron chi connectivity index (χ4n) is 4.06. The molecule has 0 saturated carbocycles. The standard InChI is InChI=1S/C20H28N2O5/c1-21(15-18(23)24)13-17-14-22(9-12-27-17)19(25)20(7-10-26-11-8-20)16-5-3-2-4-6-16/h2-6,17H,7-15H2,1H3,(H,23,24). The first-order valence-electron chi connectivity index (χ1n) is 9.46. The molecular formula is C20H28N2O5. The van der Waals surface area contributed by atoms with E-state index in [1.807, 2.05) is 35.2 Å². The molecule has 7 nitrogen and oxygen atoms in total. The number of carboxylic acids is 1. The van der Waals surface area contributed by atoms with Gasteiger partial charge in [-0.15, -0.1) is 0 Å². The van der Waals surface area contributed by atoms with Gasteiger partial charge in [0.2, 0.25) is 5.91 Å². The summed E-state index contributed by atoms with van der Waals surface area (Å²) in [7, 11) is 1.75. The molecule has 7 heteroatoms. The lowest BCUT2D eigenvalue weighted by atomic mass is 9.73. The first kappa shape index (κ1) is 19.8. The van der Waals surface area contributed by atoms with E-state index in [0.29, 0.717) is 52.3 Å². The SMILES string of the molecule is CN(CC(=O)O)CC1CN(C(=O)C2(c3ccccc3)CCOCC2)CCO1. The third kappa shape index (κ3) is 4.66. The van der Waals surface area contributed by atoms with Gasteiger partial charge in [-0.05, 0) is 25.5 Å². The van der Waals surface area contributed by atoms with E-state index in [4.69, 9.17) is 14.6 Å². The molecule has 1 amide bonds. The van der Waals surface area contributed by atoms with Gasteiger partial charge in [0.1, 0.15) is 0 Å². The minimum absolute atomic E-state index is 0.0426. The summed E-state index contributed by atoms with van der Waals surface area (Å²) in [6, 6.07) is 9.97.